The van der Waals surface area contributed by atoms with Crippen molar-refractivity contribution in [3.8, 4) is 0 Å². The monoisotopic (exact) mass is 349 g/mol. The predicted molar refractivity (Wildman–Crippen MR) is 96.0 cm³/mol. The summed E-state index contributed by atoms with van der Waals surface area (Å²) in [7, 11) is 0. The van der Waals surface area contributed by atoms with E-state index >= 15 is 0 Å². The van der Waals surface area contributed by atoms with Crippen LogP contribution in [0.1, 0.15) is 26.4 Å². The number of aryl methyl sites for hydroxylation is 1. The molecule has 0 spiro atoms. The smallest absolute Gasteiger partial charge is 0.274 e. The van der Waals surface area contributed by atoms with Crippen molar-refractivity contribution in [3.05, 3.63) is 65.9 Å². The van der Waals surface area contributed by atoms with Gasteiger partial charge in [-0.3, -0.25) is 14.6 Å². The normalized spacial score (nSPS) is 14.7. The van der Waals surface area contributed by atoms with Crippen LogP contribution in [0.25, 0.3) is 5.65 Å². The summed E-state index contributed by atoms with van der Waals surface area (Å²) < 4.78 is 1.85. The van der Waals surface area contributed by atoms with Crippen molar-refractivity contribution in [2.75, 3.05) is 26.2 Å². The number of carbonyl (C=O) groups is 2. The summed E-state index contributed by atoms with van der Waals surface area (Å²) in [5, 5.41) is 0. The molecular formula is C19H19N5O2. The molecule has 2 amide bonds. The van der Waals surface area contributed by atoms with Gasteiger partial charge in [0.15, 0.2) is 0 Å². The highest BCUT2D eigenvalue weighted by atomic mass is 16.2. The number of nitrogens with zero attached hydrogens (tertiary/aromatic N) is 5. The molecule has 0 bridgehead atoms. The van der Waals surface area contributed by atoms with Crippen LogP contribution in [0, 0.1) is 6.92 Å². The highest BCUT2D eigenvalue weighted by molar-refractivity contribution is 5.95. The molecule has 0 aliphatic carbocycles. The molecule has 1 saturated heterocycles. The SMILES string of the molecule is Cc1ccn2cc(C(=O)N3CCN(C(=O)c4ccncc4)CC3)nc2c1. The van der Waals surface area contributed by atoms with Crippen LogP contribution in [-0.4, -0.2) is 62.2 Å². The molecule has 7 heteroatoms. The molecule has 0 radical (unpaired) electrons. The van der Waals surface area contributed by atoms with Crippen molar-refractivity contribution in [1.29, 1.82) is 0 Å². The van der Waals surface area contributed by atoms with E-state index in [9.17, 15) is 9.59 Å². The zero-order valence-electron chi connectivity index (χ0n) is 14.5. The third-order valence-electron chi connectivity index (χ3n) is 4.62. The molecule has 1 fully saturated rings. The van der Waals surface area contributed by atoms with Crippen LogP contribution in [0.3, 0.4) is 0 Å². The van der Waals surface area contributed by atoms with E-state index in [-0.39, 0.29) is 11.8 Å². The molecule has 0 atom stereocenters. The zero-order valence-corrected chi connectivity index (χ0v) is 14.5. The van der Waals surface area contributed by atoms with Crippen molar-refractivity contribution in [1.82, 2.24) is 24.2 Å². The van der Waals surface area contributed by atoms with E-state index in [0.717, 1.165) is 11.2 Å². The molecule has 26 heavy (non-hydrogen) atoms. The number of amides is 2. The lowest BCUT2D eigenvalue weighted by molar-refractivity contribution is 0.0532. The number of carbonyl (C=O) groups excluding carboxylic acids is 2. The van der Waals surface area contributed by atoms with Gasteiger partial charge in [0.05, 0.1) is 0 Å². The van der Waals surface area contributed by atoms with E-state index in [4.69, 9.17) is 0 Å². The fraction of sp³-hybridized carbons (Fsp3) is 0.263. The van der Waals surface area contributed by atoms with Gasteiger partial charge in [-0.25, -0.2) is 4.98 Å². The third kappa shape index (κ3) is 3.03. The van der Waals surface area contributed by atoms with Crippen LogP contribution in [0.4, 0.5) is 0 Å². The van der Waals surface area contributed by atoms with Crippen LogP contribution in [0.2, 0.25) is 0 Å². The summed E-state index contributed by atoms with van der Waals surface area (Å²) in [4.78, 5) is 37.1. The largest absolute Gasteiger partial charge is 0.335 e. The van der Waals surface area contributed by atoms with Crippen molar-refractivity contribution in [2.45, 2.75) is 6.92 Å². The Morgan fingerprint density at radius 1 is 0.962 bits per heavy atom. The number of fused-ring (bicyclic) bond motifs is 1. The van der Waals surface area contributed by atoms with E-state index < -0.39 is 0 Å². The van der Waals surface area contributed by atoms with Crippen molar-refractivity contribution >= 4 is 17.5 Å². The van der Waals surface area contributed by atoms with E-state index in [0.29, 0.717) is 37.4 Å². The first-order valence-corrected chi connectivity index (χ1v) is 8.56. The molecule has 0 aromatic carbocycles. The number of hydrogen-bond donors (Lipinski definition) is 0. The summed E-state index contributed by atoms with van der Waals surface area (Å²) in [6, 6.07) is 7.34. The lowest BCUT2D eigenvalue weighted by Crippen LogP contribution is -2.50. The van der Waals surface area contributed by atoms with Gasteiger partial charge in [-0.05, 0) is 36.8 Å². The van der Waals surface area contributed by atoms with Crippen LogP contribution in [-0.2, 0) is 0 Å². The molecule has 0 unspecified atom stereocenters. The van der Waals surface area contributed by atoms with Gasteiger partial charge in [0.25, 0.3) is 11.8 Å². The van der Waals surface area contributed by atoms with E-state index in [1.165, 1.54) is 0 Å². The molecule has 4 heterocycles. The average molecular weight is 349 g/mol. The summed E-state index contributed by atoms with van der Waals surface area (Å²) >= 11 is 0. The number of hydrogen-bond acceptors (Lipinski definition) is 4. The predicted octanol–water partition coefficient (Wildman–Crippen LogP) is 1.64. The molecule has 3 aromatic heterocycles. The van der Waals surface area contributed by atoms with Gasteiger partial charge < -0.3 is 14.2 Å². The van der Waals surface area contributed by atoms with Crippen LogP contribution >= 0.6 is 0 Å². The fourth-order valence-corrected chi connectivity index (χ4v) is 3.14. The molecule has 1 aliphatic heterocycles. The first-order valence-electron chi connectivity index (χ1n) is 8.56. The van der Waals surface area contributed by atoms with Crippen LogP contribution < -0.4 is 0 Å². The van der Waals surface area contributed by atoms with Gasteiger partial charge >= 0.3 is 0 Å². The number of pyridine rings is 2. The van der Waals surface area contributed by atoms with Crippen molar-refractivity contribution in [2.24, 2.45) is 0 Å². The minimum atomic E-state index is -0.0950. The standard InChI is InChI=1S/C19H19N5O2/c1-14-4-7-24-13-16(21-17(24)12-14)19(26)23-10-8-22(9-11-23)18(25)15-2-5-20-6-3-15/h2-7,12-13H,8-11H2,1H3. The van der Waals surface area contributed by atoms with Gasteiger partial charge in [0.1, 0.15) is 11.3 Å². The highest BCUT2D eigenvalue weighted by Crippen LogP contribution is 2.13. The second-order valence-corrected chi connectivity index (χ2v) is 6.42. The third-order valence-corrected chi connectivity index (χ3v) is 4.62. The lowest BCUT2D eigenvalue weighted by atomic mass is 10.2. The Balaban J connectivity index is 1.43. The van der Waals surface area contributed by atoms with Crippen molar-refractivity contribution in [3.63, 3.8) is 0 Å². The van der Waals surface area contributed by atoms with Gasteiger partial charge in [0, 0.05) is 56.5 Å². The number of rotatable bonds is 2. The molecular weight excluding hydrogens is 330 g/mol. The van der Waals surface area contributed by atoms with E-state index in [2.05, 4.69) is 9.97 Å². The quantitative estimate of drug-likeness (QED) is 0.705. The Morgan fingerprint density at radius 2 is 1.62 bits per heavy atom. The van der Waals surface area contributed by atoms with Crippen molar-refractivity contribution < 1.29 is 9.59 Å². The average Bonchev–Trinajstić information content (AvgIpc) is 3.11. The molecule has 0 N–H and O–H groups in total. The zero-order chi connectivity index (χ0) is 18.1. The maximum atomic E-state index is 12.7. The first-order chi connectivity index (χ1) is 12.6. The summed E-state index contributed by atoms with van der Waals surface area (Å²) in [5.41, 5.74) is 2.92. The summed E-state index contributed by atoms with van der Waals surface area (Å²) in [5.74, 6) is -0.120. The second-order valence-electron chi connectivity index (χ2n) is 6.42. The highest BCUT2D eigenvalue weighted by Gasteiger charge is 2.26. The molecule has 1 aliphatic rings. The van der Waals surface area contributed by atoms with Crippen LogP contribution in [0.15, 0.2) is 49.1 Å². The Bertz CT molecular complexity index is 958. The van der Waals surface area contributed by atoms with Crippen LogP contribution in [0.5, 0.6) is 0 Å². The van der Waals surface area contributed by atoms with E-state index in [1.54, 1.807) is 40.5 Å². The Kier molecular flexibility index (Phi) is 4.12. The maximum absolute atomic E-state index is 12.7. The first kappa shape index (κ1) is 16.3. The fourth-order valence-electron chi connectivity index (χ4n) is 3.14. The lowest BCUT2D eigenvalue weighted by Gasteiger charge is -2.34. The molecule has 4 rings (SSSR count). The summed E-state index contributed by atoms with van der Waals surface area (Å²) in [6.45, 7) is 4.03. The minimum absolute atomic E-state index is 0.0253. The summed E-state index contributed by atoms with van der Waals surface area (Å²) in [6.07, 6.45) is 6.88. The minimum Gasteiger partial charge on any atom is -0.335 e. The number of aromatic nitrogens is 3. The van der Waals surface area contributed by atoms with Gasteiger partial charge in [-0.2, -0.15) is 0 Å². The van der Waals surface area contributed by atoms with E-state index in [1.807, 2.05) is 29.7 Å². The number of piperazine rings is 1. The van der Waals surface area contributed by atoms with Gasteiger partial charge in [0.2, 0.25) is 0 Å². The second kappa shape index (κ2) is 6.59. The topological polar surface area (TPSA) is 70.8 Å². The molecule has 7 nitrogen and oxygen atoms in total. The number of imidazole rings is 1. The Hall–Kier alpha value is -3.22. The Labute approximate surface area is 150 Å². The molecule has 0 saturated carbocycles. The van der Waals surface area contributed by atoms with Gasteiger partial charge in [-0.15, -0.1) is 0 Å². The molecule has 132 valence electrons. The van der Waals surface area contributed by atoms with Gasteiger partial charge in [-0.1, -0.05) is 0 Å². The maximum Gasteiger partial charge on any atom is 0.274 e. The molecule has 3 aromatic rings. The Morgan fingerprint density at radius 3 is 2.31 bits per heavy atom.